The highest BCUT2D eigenvalue weighted by atomic mass is 35.5. The second kappa shape index (κ2) is 6.72. The van der Waals surface area contributed by atoms with Gasteiger partial charge in [0.1, 0.15) is 11.3 Å². The number of hydrogen-bond acceptors (Lipinski definition) is 5. The van der Waals surface area contributed by atoms with Crippen molar-refractivity contribution >= 4 is 33.8 Å². The van der Waals surface area contributed by atoms with E-state index in [0.717, 1.165) is 40.5 Å². The Hall–Kier alpha value is -1.99. The van der Waals surface area contributed by atoms with E-state index >= 15 is 0 Å². The van der Waals surface area contributed by atoms with E-state index in [1.807, 2.05) is 23.1 Å². The maximum Gasteiger partial charge on any atom is 0.234 e. The smallest absolute Gasteiger partial charge is 0.234 e. The summed E-state index contributed by atoms with van der Waals surface area (Å²) in [5.74, 6) is 0.153. The molecule has 0 spiro atoms. The topological polar surface area (TPSA) is 63.4 Å². The minimum atomic E-state index is 0.153. The third kappa shape index (κ3) is 3.26. The van der Waals surface area contributed by atoms with Gasteiger partial charge in [0.25, 0.3) is 0 Å². The maximum atomic E-state index is 12.6. The normalized spacial score (nSPS) is 18.0. The van der Waals surface area contributed by atoms with Gasteiger partial charge in [-0.2, -0.15) is 9.61 Å². The highest BCUT2D eigenvalue weighted by Gasteiger charge is 2.23. The van der Waals surface area contributed by atoms with E-state index < -0.39 is 0 Å². The van der Waals surface area contributed by atoms with Crippen LogP contribution < -0.4 is 0 Å². The fourth-order valence-corrected chi connectivity index (χ4v) is 4.30. The molecule has 1 saturated heterocycles. The lowest BCUT2D eigenvalue weighted by Crippen LogP contribution is -2.42. The highest BCUT2D eigenvalue weighted by Crippen LogP contribution is 2.29. The van der Waals surface area contributed by atoms with E-state index in [9.17, 15) is 4.79 Å². The number of nitrogens with zero attached hydrogens (tertiary/aromatic N) is 5. The Balaban J connectivity index is 1.53. The SMILES string of the molecule is C[C@H]1CCCCN1C(=O)Cc1ccc(-c2nn3cnnc3s2)cc1Cl. The van der Waals surface area contributed by atoms with E-state index in [4.69, 9.17) is 11.6 Å². The van der Waals surface area contributed by atoms with Crippen LogP contribution in [-0.2, 0) is 11.2 Å². The summed E-state index contributed by atoms with van der Waals surface area (Å²) < 4.78 is 1.64. The summed E-state index contributed by atoms with van der Waals surface area (Å²) in [5.41, 5.74) is 1.78. The number of halogens is 1. The molecule has 2 aromatic heterocycles. The molecule has 25 heavy (non-hydrogen) atoms. The molecule has 0 radical (unpaired) electrons. The van der Waals surface area contributed by atoms with Crippen LogP contribution in [0, 0.1) is 0 Å². The van der Waals surface area contributed by atoms with E-state index in [-0.39, 0.29) is 5.91 Å². The zero-order chi connectivity index (χ0) is 17.4. The molecule has 0 bridgehead atoms. The van der Waals surface area contributed by atoms with Gasteiger partial charge in [-0.3, -0.25) is 4.79 Å². The van der Waals surface area contributed by atoms with Crippen molar-refractivity contribution in [3.8, 4) is 10.6 Å². The minimum Gasteiger partial charge on any atom is -0.340 e. The van der Waals surface area contributed by atoms with Gasteiger partial charge in [0.2, 0.25) is 10.9 Å². The molecule has 0 unspecified atom stereocenters. The van der Waals surface area contributed by atoms with Gasteiger partial charge in [0.15, 0.2) is 0 Å². The van der Waals surface area contributed by atoms with Crippen molar-refractivity contribution in [1.29, 1.82) is 0 Å². The Morgan fingerprint density at radius 3 is 3.04 bits per heavy atom. The van der Waals surface area contributed by atoms with Crippen LogP contribution in [0.25, 0.3) is 15.5 Å². The van der Waals surface area contributed by atoms with Crippen LogP contribution in [0.15, 0.2) is 24.5 Å². The number of fused-ring (bicyclic) bond motifs is 1. The average molecular weight is 376 g/mol. The molecule has 1 atom stereocenters. The number of benzene rings is 1. The second-order valence-electron chi connectivity index (χ2n) is 6.38. The molecule has 8 heteroatoms. The molecular weight excluding hydrogens is 358 g/mol. The Kier molecular flexibility index (Phi) is 4.43. The van der Waals surface area contributed by atoms with Gasteiger partial charge in [0, 0.05) is 23.2 Å². The molecule has 0 N–H and O–H groups in total. The molecule has 1 aliphatic heterocycles. The average Bonchev–Trinajstić information content (AvgIpc) is 3.19. The first-order valence-corrected chi connectivity index (χ1v) is 9.56. The number of carbonyl (C=O) groups excluding carboxylic acids is 1. The van der Waals surface area contributed by atoms with E-state index in [0.29, 0.717) is 17.5 Å². The van der Waals surface area contributed by atoms with E-state index in [2.05, 4.69) is 22.2 Å². The van der Waals surface area contributed by atoms with Gasteiger partial charge in [-0.15, -0.1) is 10.2 Å². The van der Waals surface area contributed by atoms with Crippen LogP contribution in [0.1, 0.15) is 31.7 Å². The second-order valence-corrected chi connectivity index (χ2v) is 7.74. The predicted octanol–water partition coefficient (Wildman–Crippen LogP) is 3.45. The zero-order valence-electron chi connectivity index (χ0n) is 13.9. The molecule has 6 nitrogen and oxygen atoms in total. The van der Waals surface area contributed by atoms with Crippen LogP contribution in [0.2, 0.25) is 5.02 Å². The molecule has 1 aromatic carbocycles. The minimum absolute atomic E-state index is 0.153. The van der Waals surface area contributed by atoms with Crippen LogP contribution in [0.3, 0.4) is 0 Å². The summed E-state index contributed by atoms with van der Waals surface area (Å²) in [6.07, 6.45) is 5.29. The van der Waals surface area contributed by atoms with Gasteiger partial charge in [0.05, 0.1) is 6.42 Å². The first kappa shape index (κ1) is 16.5. The molecule has 0 saturated carbocycles. The third-order valence-electron chi connectivity index (χ3n) is 4.65. The molecule has 1 aliphatic rings. The van der Waals surface area contributed by atoms with Crippen molar-refractivity contribution in [2.45, 2.75) is 38.6 Å². The Bertz CT molecular complexity index is 892. The number of amides is 1. The lowest BCUT2D eigenvalue weighted by Gasteiger charge is -2.33. The van der Waals surface area contributed by atoms with Crippen LogP contribution in [0.4, 0.5) is 0 Å². The number of aromatic nitrogens is 4. The van der Waals surface area contributed by atoms with Crippen molar-refractivity contribution in [3.63, 3.8) is 0 Å². The molecule has 130 valence electrons. The van der Waals surface area contributed by atoms with Crippen molar-refractivity contribution < 1.29 is 4.79 Å². The summed E-state index contributed by atoms with van der Waals surface area (Å²) in [6, 6.07) is 6.07. The largest absolute Gasteiger partial charge is 0.340 e. The molecule has 1 amide bonds. The number of carbonyl (C=O) groups is 1. The van der Waals surface area contributed by atoms with Gasteiger partial charge in [-0.25, -0.2) is 0 Å². The molecular formula is C17H18ClN5OS. The van der Waals surface area contributed by atoms with Gasteiger partial charge >= 0.3 is 0 Å². The summed E-state index contributed by atoms with van der Waals surface area (Å²) in [4.78, 5) is 15.3. The van der Waals surface area contributed by atoms with Crippen LogP contribution in [0.5, 0.6) is 0 Å². The fraction of sp³-hybridized carbons (Fsp3) is 0.412. The summed E-state index contributed by atoms with van der Waals surface area (Å²) in [7, 11) is 0. The molecule has 3 aromatic rings. The first-order chi connectivity index (χ1) is 12.1. The highest BCUT2D eigenvalue weighted by molar-refractivity contribution is 7.19. The zero-order valence-corrected chi connectivity index (χ0v) is 15.4. The Morgan fingerprint density at radius 1 is 1.40 bits per heavy atom. The standard InChI is InChI=1S/C17H18ClN5OS/c1-11-4-2-3-7-22(11)15(24)9-12-5-6-13(8-14(12)18)16-21-23-10-19-20-17(23)25-16/h5-6,8,10-11H,2-4,7,9H2,1H3/t11-/m0/s1. The Morgan fingerprint density at radius 2 is 2.28 bits per heavy atom. The fourth-order valence-electron chi connectivity index (χ4n) is 3.23. The number of piperidine rings is 1. The van der Waals surface area contributed by atoms with E-state index in [1.54, 1.807) is 10.8 Å². The Labute approximate surface area is 154 Å². The summed E-state index contributed by atoms with van der Waals surface area (Å²) in [5, 5.41) is 13.7. The van der Waals surface area contributed by atoms with Crippen molar-refractivity contribution in [3.05, 3.63) is 35.1 Å². The van der Waals surface area contributed by atoms with Crippen LogP contribution in [-0.4, -0.2) is 43.2 Å². The summed E-state index contributed by atoms with van der Waals surface area (Å²) in [6.45, 7) is 2.97. The van der Waals surface area contributed by atoms with Gasteiger partial charge in [-0.05, 0) is 37.8 Å². The predicted molar refractivity (Wildman–Crippen MR) is 97.8 cm³/mol. The molecule has 4 rings (SSSR count). The third-order valence-corrected chi connectivity index (χ3v) is 5.97. The molecule has 1 fully saturated rings. The molecule has 3 heterocycles. The van der Waals surface area contributed by atoms with E-state index in [1.165, 1.54) is 17.8 Å². The van der Waals surface area contributed by atoms with Crippen LogP contribution >= 0.6 is 22.9 Å². The molecule has 0 aliphatic carbocycles. The summed E-state index contributed by atoms with van der Waals surface area (Å²) >= 11 is 7.90. The van der Waals surface area contributed by atoms with Crippen molar-refractivity contribution in [2.24, 2.45) is 0 Å². The first-order valence-electron chi connectivity index (χ1n) is 8.37. The quantitative estimate of drug-likeness (QED) is 0.703. The monoisotopic (exact) mass is 375 g/mol. The lowest BCUT2D eigenvalue weighted by molar-refractivity contribution is -0.133. The lowest BCUT2D eigenvalue weighted by atomic mass is 10.0. The van der Waals surface area contributed by atoms with Gasteiger partial charge in [-0.1, -0.05) is 35.1 Å². The number of hydrogen-bond donors (Lipinski definition) is 0. The van der Waals surface area contributed by atoms with Gasteiger partial charge < -0.3 is 4.90 Å². The number of rotatable bonds is 3. The van der Waals surface area contributed by atoms with Crippen molar-refractivity contribution in [2.75, 3.05) is 6.54 Å². The maximum absolute atomic E-state index is 12.6. The number of likely N-dealkylation sites (tertiary alicyclic amines) is 1. The van der Waals surface area contributed by atoms with Crippen molar-refractivity contribution in [1.82, 2.24) is 24.7 Å².